The Morgan fingerprint density at radius 1 is 0.176 bits per heavy atom. The van der Waals surface area contributed by atoms with Crippen LogP contribution in [0.15, 0.2) is 364 Å². The first-order valence-corrected chi connectivity index (χ1v) is 36.7. The highest BCUT2D eigenvalue weighted by Gasteiger charge is 2.27. The van der Waals surface area contributed by atoms with Gasteiger partial charge in [-0.15, -0.1) is 0 Å². The quantitative estimate of drug-likeness (QED) is 0.137. The Kier molecular flexibility index (Phi) is 12.9. The molecule has 0 aliphatic carbocycles. The number of aromatic nitrogens is 10. The van der Waals surface area contributed by atoms with Crippen LogP contribution in [0.25, 0.3) is 210 Å². The van der Waals surface area contributed by atoms with E-state index < -0.39 is 0 Å². The van der Waals surface area contributed by atoms with Crippen molar-refractivity contribution in [3.63, 3.8) is 0 Å². The van der Waals surface area contributed by atoms with E-state index >= 15 is 0 Å². The van der Waals surface area contributed by atoms with Crippen LogP contribution < -0.4 is 0 Å². The third kappa shape index (κ3) is 8.89. The van der Waals surface area contributed by atoms with Crippen LogP contribution in [-0.4, -0.2) is 47.3 Å². The number of para-hydroxylation sites is 8. The second kappa shape index (κ2) is 23.4. The summed E-state index contributed by atoms with van der Waals surface area (Å²) in [7, 11) is 0. The van der Waals surface area contributed by atoms with Gasteiger partial charge in [-0.2, -0.15) is 0 Å². The first kappa shape index (κ1) is 59.8. The monoisotopic (exact) mass is 1380 g/mol. The fourth-order valence-corrected chi connectivity index (χ4v) is 17.7. The van der Waals surface area contributed by atoms with E-state index in [-0.39, 0.29) is 0 Å². The highest BCUT2D eigenvalue weighted by atomic mass is 15.1. The minimum absolute atomic E-state index is 0.543. The van der Waals surface area contributed by atoms with E-state index in [1.54, 1.807) is 0 Å². The summed E-state index contributed by atoms with van der Waals surface area (Å²) in [4.78, 5) is 21.2. The summed E-state index contributed by atoms with van der Waals surface area (Å²) in [5, 5.41) is 14.1. The van der Waals surface area contributed by atoms with Crippen LogP contribution in [0.1, 0.15) is 0 Å². The molecular formula is C98H60N10. The molecule has 10 nitrogen and oxygen atoms in total. The standard InChI is InChI=1S/C98H60N10/c1-3-23-61(24-4-1)96-100-97(62-25-5-2-6-26-62)102-98(101-96)63-43-48-90(107-91-49-44-64(103-82-35-15-7-27-68(82)69-28-8-16-36-83(69)103)56-77(91)78-57-65(45-50-92(78)107)104-84-37-17-9-29-70(84)71-30-10-18-38-85(71)104)76(55-63)81-60-99-54-53-95(81)108-93-51-46-66(105-86-39-19-11-31-72(86)73-32-12-20-40-87(73)105)58-79(93)80-59-67(47-52-94(80)108)106-88-41-21-13-33-74(88)75-34-14-22-42-89(75)106/h1-60H. The Balaban J connectivity index is 0.814. The number of pyridine rings is 1. The molecule has 8 aromatic heterocycles. The van der Waals surface area contributed by atoms with E-state index in [4.69, 9.17) is 19.9 Å². The van der Waals surface area contributed by atoms with Gasteiger partial charge in [0.1, 0.15) is 0 Å². The van der Waals surface area contributed by atoms with E-state index in [1.807, 2.05) is 42.6 Å². The van der Waals surface area contributed by atoms with E-state index in [9.17, 15) is 0 Å². The smallest absolute Gasteiger partial charge is 0.164 e. The van der Waals surface area contributed by atoms with Crippen molar-refractivity contribution in [3.8, 4) is 79.4 Å². The molecule has 0 saturated carbocycles. The first-order chi connectivity index (χ1) is 53.6. The number of hydrogen-bond acceptors (Lipinski definition) is 4. The SMILES string of the molecule is c1ccc(-c2nc(-c3ccccc3)nc(-c3ccc(-n4c5ccc(-n6c7ccccc7c7ccccc76)cc5c5cc(-n6c7ccccc7c7ccccc76)ccc54)c(-c4cnccc4-n4c5ccc(-n6c7ccccc7c7ccccc76)cc5c5cc(-n6c7ccccc7c7ccccc76)ccc54)c3)n2)cc1. The van der Waals surface area contributed by atoms with Gasteiger partial charge in [-0.05, 0) is 146 Å². The molecule has 0 aliphatic heterocycles. The minimum Gasteiger partial charge on any atom is -0.309 e. The fourth-order valence-electron chi connectivity index (χ4n) is 17.7. The molecule has 0 radical (unpaired) electrons. The lowest BCUT2D eigenvalue weighted by molar-refractivity contribution is 1.07. The average Bonchev–Trinajstić information content (AvgIpc) is 1.56. The molecule has 0 aliphatic rings. The van der Waals surface area contributed by atoms with E-state index in [0.29, 0.717) is 17.5 Å². The summed E-state index contributed by atoms with van der Waals surface area (Å²) in [6.45, 7) is 0. The lowest BCUT2D eigenvalue weighted by Crippen LogP contribution is -2.04. The Morgan fingerprint density at radius 3 is 0.741 bits per heavy atom. The van der Waals surface area contributed by atoms with Gasteiger partial charge in [0.05, 0.1) is 77.6 Å². The van der Waals surface area contributed by atoms with Crippen LogP contribution >= 0.6 is 0 Å². The predicted molar refractivity (Wildman–Crippen MR) is 445 cm³/mol. The Labute approximate surface area is 618 Å². The summed E-state index contributed by atoms with van der Waals surface area (Å²) >= 11 is 0. The third-order valence-electron chi connectivity index (χ3n) is 22.3. The number of hydrogen-bond donors (Lipinski definition) is 0. The zero-order valence-corrected chi connectivity index (χ0v) is 58.1. The second-order valence-electron chi connectivity index (χ2n) is 28.1. The molecule has 23 aromatic rings. The normalized spacial score (nSPS) is 12.1. The van der Waals surface area contributed by atoms with Crippen LogP contribution in [0.3, 0.4) is 0 Å². The van der Waals surface area contributed by atoms with Gasteiger partial charge in [0, 0.05) is 128 Å². The van der Waals surface area contributed by atoms with Gasteiger partial charge in [0.15, 0.2) is 17.5 Å². The molecule has 0 N–H and O–H groups in total. The number of fused-ring (bicyclic) bond motifs is 18. The van der Waals surface area contributed by atoms with Crippen LogP contribution in [0.2, 0.25) is 0 Å². The van der Waals surface area contributed by atoms with Crippen molar-refractivity contribution >= 4 is 131 Å². The zero-order chi connectivity index (χ0) is 70.7. The van der Waals surface area contributed by atoms with Crippen molar-refractivity contribution in [3.05, 3.63) is 364 Å². The second-order valence-corrected chi connectivity index (χ2v) is 28.1. The maximum Gasteiger partial charge on any atom is 0.164 e. The zero-order valence-electron chi connectivity index (χ0n) is 58.1. The Hall–Kier alpha value is -14.7. The lowest BCUT2D eigenvalue weighted by atomic mass is 9.99. The summed E-state index contributed by atoms with van der Waals surface area (Å²) in [6, 6.07) is 128. The van der Waals surface area contributed by atoms with E-state index in [0.717, 1.165) is 150 Å². The maximum atomic E-state index is 5.41. The van der Waals surface area contributed by atoms with E-state index in [2.05, 4.69) is 349 Å². The molecule has 0 bridgehead atoms. The fraction of sp³-hybridized carbons (Fsp3) is 0. The molecular weight excluding hydrogens is 1320 g/mol. The molecule has 23 rings (SSSR count). The molecule has 0 unspecified atom stereocenters. The van der Waals surface area contributed by atoms with Crippen LogP contribution in [0, 0.1) is 0 Å². The molecule has 0 spiro atoms. The molecule has 0 amide bonds. The first-order valence-electron chi connectivity index (χ1n) is 36.7. The van der Waals surface area contributed by atoms with Gasteiger partial charge in [0.2, 0.25) is 0 Å². The molecule has 8 heterocycles. The number of benzene rings is 15. The van der Waals surface area contributed by atoms with Crippen molar-refractivity contribution in [2.45, 2.75) is 0 Å². The van der Waals surface area contributed by atoms with Crippen molar-refractivity contribution in [1.29, 1.82) is 0 Å². The van der Waals surface area contributed by atoms with Gasteiger partial charge >= 0.3 is 0 Å². The van der Waals surface area contributed by atoms with Crippen LogP contribution in [0.4, 0.5) is 0 Å². The summed E-state index contributed by atoms with van der Waals surface area (Å²) in [5.41, 5.74) is 24.0. The maximum absolute atomic E-state index is 5.41. The average molecular weight is 1380 g/mol. The lowest BCUT2D eigenvalue weighted by Gasteiger charge is -2.19. The number of nitrogens with zero attached hydrogens (tertiary/aromatic N) is 10. The Bertz CT molecular complexity index is 7080. The molecule has 10 heteroatoms. The van der Waals surface area contributed by atoms with Gasteiger partial charge in [-0.25, -0.2) is 15.0 Å². The van der Waals surface area contributed by atoms with Gasteiger partial charge in [-0.3, -0.25) is 4.98 Å². The Morgan fingerprint density at radius 2 is 0.435 bits per heavy atom. The highest BCUT2D eigenvalue weighted by Crippen LogP contribution is 2.47. The molecule has 15 aromatic carbocycles. The van der Waals surface area contributed by atoms with Crippen LogP contribution in [0.5, 0.6) is 0 Å². The molecule has 0 atom stereocenters. The largest absolute Gasteiger partial charge is 0.309 e. The topological polar surface area (TPSA) is 81.1 Å². The van der Waals surface area contributed by atoms with Crippen molar-refractivity contribution in [2.75, 3.05) is 0 Å². The molecule has 502 valence electrons. The third-order valence-corrected chi connectivity index (χ3v) is 22.3. The van der Waals surface area contributed by atoms with Gasteiger partial charge in [0.25, 0.3) is 0 Å². The molecule has 0 fully saturated rings. The molecule has 0 saturated heterocycles. The van der Waals surface area contributed by atoms with E-state index in [1.165, 1.54) is 43.1 Å². The van der Waals surface area contributed by atoms with Crippen molar-refractivity contribution in [2.24, 2.45) is 0 Å². The van der Waals surface area contributed by atoms with Gasteiger partial charge < -0.3 is 27.4 Å². The number of rotatable bonds is 10. The summed E-state index contributed by atoms with van der Waals surface area (Å²) in [5.74, 6) is 1.71. The van der Waals surface area contributed by atoms with Crippen LogP contribution in [-0.2, 0) is 0 Å². The minimum atomic E-state index is 0.543. The van der Waals surface area contributed by atoms with Crippen molar-refractivity contribution < 1.29 is 0 Å². The van der Waals surface area contributed by atoms with Gasteiger partial charge in [-0.1, -0.05) is 206 Å². The van der Waals surface area contributed by atoms with Crippen molar-refractivity contribution in [1.82, 2.24) is 47.3 Å². The summed E-state index contributed by atoms with van der Waals surface area (Å²) in [6.07, 6.45) is 4.00. The summed E-state index contributed by atoms with van der Waals surface area (Å²) < 4.78 is 14.7. The predicted octanol–water partition coefficient (Wildman–Crippen LogP) is 24.5. The molecule has 108 heavy (non-hydrogen) atoms. The highest BCUT2D eigenvalue weighted by molar-refractivity contribution is 6.17.